The van der Waals surface area contributed by atoms with E-state index in [4.69, 9.17) is 14.2 Å². The molecule has 0 heterocycles. The lowest BCUT2D eigenvalue weighted by Crippen LogP contribution is -2.40. The van der Waals surface area contributed by atoms with Crippen LogP contribution in [0.5, 0.6) is 11.5 Å². The fourth-order valence-corrected chi connectivity index (χ4v) is 5.67. The van der Waals surface area contributed by atoms with Gasteiger partial charge in [0, 0.05) is 13.0 Å². The SMILES string of the molecule is CCCCCCCCCCCCCC(=O)NC[C@H](C)OC(c1ccccc1)(c1ccc(OC)cc1)c1ccc(OC)cc1. The van der Waals surface area contributed by atoms with Gasteiger partial charge < -0.3 is 19.5 Å². The Morgan fingerprint density at radius 1 is 0.651 bits per heavy atom. The van der Waals surface area contributed by atoms with Crippen LogP contribution in [0.25, 0.3) is 0 Å². The largest absolute Gasteiger partial charge is 0.497 e. The predicted octanol–water partition coefficient (Wildman–Crippen LogP) is 9.22. The maximum atomic E-state index is 12.7. The Morgan fingerprint density at radius 3 is 1.56 bits per heavy atom. The molecular formula is C38H53NO4. The fraction of sp³-hybridized carbons (Fsp3) is 0.500. The van der Waals surface area contributed by atoms with Crippen LogP contribution in [0.2, 0.25) is 0 Å². The quantitative estimate of drug-likeness (QED) is 0.0997. The van der Waals surface area contributed by atoms with Crippen molar-refractivity contribution in [3.05, 3.63) is 95.6 Å². The van der Waals surface area contributed by atoms with Crippen molar-refractivity contribution in [2.24, 2.45) is 0 Å². The van der Waals surface area contributed by atoms with Gasteiger partial charge in [0.25, 0.3) is 0 Å². The van der Waals surface area contributed by atoms with Crippen molar-refractivity contribution in [1.29, 1.82) is 0 Å². The third-order valence-electron chi connectivity index (χ3n) is 8.15. The summed E-state index contributed by atoms with van der Waals surface area (Å²) in [5.41, 5.74) is 2.05. The molecule has 0 fully saturated rings. The van der Waals surface area contributed by atoms with E-state index in [1.54, 1.807) is 14.2 Å². The van der Waals surface area contributed by atoms with Crippen LogP contribution >= 0.6 is 0 Å². The van der Waals surface area contributed by atoms with Gasteiger partial charge in [-0.3, -0.25) is 4.79 Å². The van der Waals surface area contributed by atoms with Gasteiger partial charge in [0.15, 0.2) is 0 Å². The van der Waals surface area contributed by atoms with Crippen LogP contribution in [0.1, 0.15) is 108 Å². The summed E-state index contributed by atoms with van der Waals surface area (Å²) in [5, 5.41) is 3.13. The Labute approximate surface area is 260 Å². The van der Waals surface area contributed by atoms with Gasteiger partial charge in [-0.15, -0.1) is 0 Å². The van der Waals surface area contributed by atoms with E-state index in [0.29, 0.717) is 13.0 Å². The summed E-state index contributed by atoms with van der Waals surface area (Å²) in [6, 6.07) is 26.3. The summed E-state index contributed by atoms with van der Waals surface area (Å²) in [7, 11) is 3.33. The summed E-state index contributed by atoms with van der Waals surface area (Å²) in [5.74, 6) is 1.65. The molecule has 0 aliphatic rings. The van der Waals surface area contributed by atoms with Gasteiger partial charge in [-0.1, -0.05) is 126 Å². The summed E-state index contributed by atoms with van der Waals surface area (Å²) in [6.07, 6.45) is 14.3. The van der Waals surface area contributed by atoms with E-state index in [-0.39, 0.29) is 12.0 Å². The first kappa shape index (κ1) is 34.2. The van der Waals surface area contributed by atoms with Crippen LogP contribution in [-0.4, -0.2) is 32.8 Å². The van der Waals surface area contributed by atoms with Gasteiger partial charge in [-0.05, 0) is 54.3 Å². The minimum atomic E-state index is -0.903. The summed E-state index contributed by atoms with van der Waals surface area (Å²) < 4.78 is 17.9. The second kappa shape index (κ2) is 19.1. The molecule has 5 nitrogen and oxygen atoms in total. The number of nitrogens with one attached hydrogen (secondary N) is 1. The van der Waals surface area contributed by atoms with E-state index >= 15 is 0 Å². The number of benzene rings is 3. The summed E-state index contributed by atoms with van der Waals surface area (Å²) >= 11 is 0. The Balaban J connectivity index is 1.61. The molecule has 0 unspecified atom stereocenters. The highest BCUT2D eigenvalue weighted by Gasteiger charge is 2.39. The summed E-state index contributed by atoms with van der Waals surface area (Å²) in [4.78, 5) is 12.7. The van der Waals surface area contributed by atoms with Crippen LogP contribution in [-0.2, 0) is 15.1 Å². The number of unbranched alkanes of at least 4 members (excludes halogenated alkanes) is 10. The second-order valence-corrected chi connectivity index (χ2v) is 11.5. The van der Waals surface area contributed by atoms with E-state index in [9.17, 15) is 4.79 Å². The lowest BCUT2D eigenvalue weighted by atomic mass is 9.79. The summed E-state index contributed by atoms with van der Waals surface area (Å²) in [6.45, 7) is 4.71. The zero-order chi connectivity index (χ0) is 30.8. The maximum Gasteiger partial charge on any atom is 0.220 e. The molecule has 0 bridgehead atoms. The normalized spacial score (nSPS) is 12.1. The highest BCUT2D eigenvalue weighted by Crippen LogP contribution is 2.42. The molecule has 3 aromatic rings. The molecule has 3 rings (SSSR count). The molecule has 0 saturated heterocycles. The van der Waals surface area contributed by atoms with Crippen LogP contribution in [0.15, 0.2) is 78.9 Å². The molecule has 0 spiro atoms. The van der Waals surface area contributed by atoms with Crippen LogP contribution in [0.3, 0.4) is 0 Å². The van der Waals surface area contributed by atoms with Crippen molar-refractivity contribution >= 4 is 5.91 Å². The van der Waals surface area contributed by atoms with Crippen molar-refractivity contribution in [3.8, 4) is 11.5 Å². The van der Waals surface area contributed by atoms with Gasteiger partial charge >= 0.3 is 0 Å². The first-order chi connectivity index (χ1) is 21.0. The number of carbonyl (C=O) groups is 1. The molecule has 0 radical (unpaired) electrons. The van der Waals surface area contributed by atoms with E-state index in [1.165, 1.54) is 57.8 Å². The monoisotopic (exact) mass is 587 g/mol. The zero-order valence-electron chi connectivity index (χ0n) is 26.9. The average Bonchev–Trinajstić information content (AvgIpc) is 3.05. The number of carbonyl (C=O) groups excluding carboxylic acids is 1. The Kier molecular flexibility index (Phi) is 15.2. The highest BCUT2D eigenvalue weighted by molar-refractivity contribution is 5.75. The number of hydrogen-bond acceptors (Lipinski definition) is 4. The smallest absolute Gasteiger partial charge is 0.220 e. The standard InChI is InChI=1S/C38H53NO4/c1-5-6-7-8-9-10-11-12-13-14-18-21-37(40)39-30-31(2)43-38(32-19-16-15-17-20-32,33-22-26-35(41-3)27-23-33)34-24-28-36(42-4)29-25-34/h15-17,19-20,22-29,31H,5-14,18,21,30H2,1-4H3,(H,39,40)/t31-/m0/s1. The molecular weight excluding hydrogens is 534 g/mol. The molecule has 0 aromatic heterocycles. The van der Waals surface area contributed by atoms with Gasteiger partial charge in [0.1, 0.15) is 17.1 Å². The van der Waals surface area contributed by atoms with Crippen molar-refractivity contribution in [2.45, 2.75) is 103 Å². The van der Waals surface area contributed by atoms with E-state index in [2.05, 4.69) is 24.4 Å². The third-order valence-corrected chi connectivity index (χ3v) is 8.15. The number of methoxy groups -OCH3 is 2. The van der Waals surface area contributed by atoms with E-state index in [0.717, 1.165) is 41.0 Å². The molecule has 0 saturated carbocycles. The number of rotatable bonds is 21. The first-order valence-corrected chi connectivity index (χ1v) is 16.3. The number of hydrogen-bond donors (Lipinski definition) is 1. The van der Waals surface area contributed by atoms with Crippen molar-refractivity contribution in [1.82, 2.24) is 5.32 Å². The molecule has 5 heteroatoms. The Morgan fingerprint density at radius 2 is 1.09 bits per heavy atom. The third kappa shape index (κ3) is 10.7. The van der Waals surface area contributed by atoms with Crippen LogP contribution < -0.4 is 14.8 Å². The van der Waals surface area contributed by atoms with Gasteiger partial charge in [-0.25, -0.2) is 0 Å². The van der Waals surface area contributed by atoms with Crippen LogP contribution in [0, 0.1) is 0 Å². The zero-order valence-corrected chi connectivity index (χ0v) is 26.9. The molecule has 3 aromatic carbocycles. The van der Waals surface area contributed by atoms with Crippen molar-refractivity contribution < 1.29 is 19.0 Å². The number of ether oxygens (including phenoxy) is 3. The Hall–Kier alpha value is -3.31. The molecule has 43 heavy (non-hydrogen) atoms. The molecule has 234 valence electrons. The second-order valence-electron chi connectivity index (χ2n) is 11.5. The molecule has 0 aliphatic heterocycles. The molecule has 1 amide bonds. The average molecular weight is 588 g/mol. The minimum absolute atomic E-state index is 0.0885. The minimum Gasteiger partial charge on any atom is -0.497 e. The predicted molar refractivity (Wildman–Crippen MR) is 177 cm³/mol. The van der Waals surface area contributed by atoms with Gasteiger partial charge in [0.05, 0.1) is 20.3 Å². The molecule has 0 aliphatic carbocycles. The molecule has 1 atom stereocenters. The lowest BCUT2D eigenvalue weighted by Gasteiger charge is -2.38. The van der Waals surface area contributed by atoms with Gasteiger partial charge in [0.2, 0.25) is 5.91 Å². The maximum absolute atomic E-state index is 12.7. The molecule has 1 N–H and O–H groups in total. The number of amides is 1. The van der Waals surface area contributed by atoms with E-state index in [1.807, 2.05) is 73.7 Å². The highest BCUT2D eigenvalue weighted by atomic mass is 16.5. The van der Waals surface area contributed by atoms with Crippen molar-refractivity contribution in [3.63, 3.8) is 0 Å². The van der Waals surface area contributed by atoms with Crippen LogP contribution in [0.4, 0.5) is 0 Å². The Bertz CT molecular complexity index is 1110. The van der Waals surface area contributed by atoms with E-state index < -0.39 is 5.60 Å². The lowest BCUT2D eigenvalue weighted by molar-refractivity contribution is -0.122. The fourth-order valence-electron chi connectivity index (χ4n) is 5.67. The first-order valence-electron chi connectivity index (χ1n) is 16.3. The van der Waals surface area contributed by atoms with Gasteiger partial charge in [-0.2, -0.15) is 0 Å². The topological polar surface area (TPSA) is 56.8 Å². The van der Waals surface area contributed by atoms with Crippen molar-refractivity contribution in [2.75, 3.05) is 20.8 Å².